The van der Waals surface area contributed by atoms with Crippen molar-refractivity contribution in [2.75, 3.05) is 0 Å². The Labute approximate surface area is 61.9 Å². The van der Waals surface area contributed by atoms with Crippen LogP contribution in [0.4, 0.5) is 0 Å². The van der Waals surface area contributed by atoms with Gasteiger partial charge in [0, 0.05) is 13.8 Å². The van der Waals surface area contributed by atoms with E-state index in [9.17, 15) is 9.59 Å². The maximum atomic E-state index is 10.2. The Balaban J connectivity index is 3.53. The van der Waals surface area contributed by atoms with Gasteiger partial charge in [0.15, 0.2) is 0 Å². The van der Waals surface area contributed by atoms with Crippen LogP contribution in [0.15, 0.2) is 0 Å². The number of hydrogen-bond acceptors (Lipinski definition) is 4. The smallest absolute Gasteiger partial charge is 0.305 e. The van der Waals surface area contributed by atoms with Crippen molar-refractivity contribution in [2.45, 2.75) is 19.8 Å². The normalized spacial score (nSPS) is 9.20. The molecule has 0 aliphatic carbocycles. The van der Waals surface area contributed by atoms with Crippen LogP contribution < -0.4 is 0 Å². The van der Waals surface area contributed by atoms with Crippen molar-refractivity contribution in [1.82, 2.24) is 0 Å². The molecule has 0 aromatic heterocycles. The third-order valence-electron chi connectivity index (χ3n) is 0.595. The van der Waals surface area contributed by atoms with E-state index in [1.54, 1.807) is 0 Å². The summed E-state index contributed by atoms with van der Waals surface area (Å²) in [7, 11) is 1.28. The topological polar surface area (TPSA) is 52.6 Å². The van der Waals surface area contributed by atoms with Gasteiger partial charge in [-0.25, -0.2) is 0 Å². The zero-order valence-electron chi connectivity index (χ0n) is 5.92. The summed E-state index contributed by atoms with van der Waals surface area (Å²) in [5.41, 5.74) is 0. The molecule has 0 aromatic carbocycles. The van der Waals surface area contributed by atoms with Gasteiger partial charge in [0.2, 0.25) is 5.91 Å². The molecule has 0 fully saturated rings. The van der Waals surface area contributed by atoms with Crippen molar-refractivity contribution in [3.8, 4) is 0 Å². The second-order valence-corrected chi connectivity index (χ2v) is 2.32. The van der Waals surface area contributed by atoms with E-state index in [1.807, 2.05) is 0 Å². The van der Waals surface area contributed by atoms with Gasteiger partial charge in [-0.2, -0.15) is 0 Å². The maximum absolute atomic E-state index is 10.2. The number of carbonyl (C=O) groups excluding carboxylic acids is 2. The van der Waals surface area contributed by atoms with E-state index < -0.39 is 17.9 Å². The van der Waals surface area contributed by atoms with Gasteiger partial charge in [0.05, 0.1) is 0 Å². The minimum absolute atomic E-state index is 0.457. The Bertz CT molecular complexity index is 129. The molecule has 0 heterocycles. The molecule has 0 unspecified atom stereocenters. The molecule has 0 saturated heterocycles. The zero-order valence-corrected chi connectivity index (χ0v) is 7.33. The molecule has 10 heavy (non-hydrogen) atoms. The third kappa shape index (κ3) is 5.30. The predicted molar refractivity (Wildman–Crippen MR) is 35.9 cm³/mol. The Kier molecular flexibility index (Phi) is 3.71. The van der Waals surface area contributed by atoms with E-state index in [-0.39, 0.29) is 0 Å². The lowest BCUT2D eigenvalue weighted by Gasteiger charge is -2.10. The summed E-state index contributed by atoms with van der Waals surface area (Å²) >= 11 is 0. The lowest BCUT2D eigenvalue weighted by Crippen LogP contribution is -2.22. The van der Waals surface area contributed by atoms with E-state index in [0.717, 1.165) is 0 Å². The predicted octanol–water partition coefficient (Wildman–Crippen LogP) is -0.971. The van der Waals surface area contributed by atoms with Crippen LogP contribution in [0.25, 0.3) is 0 Å². The lowest BCUT2D eigenvalue weighted by atomic mass is 10.8. The van der Waals surface area contributed by atoms with E-state index >= 15 is 0 Å². The molecule has 0 bridgehead atoms. The molecule has 1 radical (unpaired) electrons. The molecule has 0 amide bonds. The molecule has 0 spiro atoms. The standard InChI is InChI=1S/C5H9O4Si/c1-3(6)8-5(10)9-4(2)7/h5H,10H2,1-2H3. The van der Waals surface area contributed by atoms with Crippen LogP contribution in [-0.4, -0.2) is 28.1 Å². The minimum atomic E-state index is -0.755. The van der Waals surface area contributed by atoms with E-state index in [2.05, 4.69) is 9.47 Å². The molecule has 5 heteroatoms. The number of rotatable bonds is 2. The average molecular weight is 161 g/mol. The Morgan fingerprint density at radius 2 is 1.50 bits per heavy atom. The van der Waals surface area contributed by atoms with E-state index in [0.29, 0.717) is 0 Å². The summed E-state index contributed by atoms with van der Waals surface area (Å²) < 4.78 is 8.98. The summed E-state index contributed by atoms with van der Waals surface area (Å²) in [4.78, 5) is 20.5. The van der Waals surface area contributed by atoms with E-state index in [1.165, 1.54) is 24.1 Å². The molecule has 0 atom stereocenters. The highest BCUT2D eigenvalue weighted by atomic mass is 28.1. The van der Waals surface area contributed by atoms with Gasteiger partial charge < -0.3 is 9.47 Å². The highest BCUT2D eigenvalue weighted by Crippen LogP contribution is 1.89. The summed E-state index contributed by atoms with van der Waals surface area (Å²) in [6.07, 6.45) is 0. The second-order valence-electron chi connectivity index (χ2n) is 1.65. The summed E-state index contributed by atoms with van der Waals surface area (Å²) in [6, 6.07) is 0. The monoisotopic (exact) mass is 161 g/mol. The fraction of sp³-hybridized carbons (Fsp3) is 0.600. The highest BCUT2D eigenvalue weighted by molar-refractivity contribution is 6.11. The van der Waals surface area contributed by atoms with E-state index in [4.69, 9.17) is 0 Å². The van der Waals surface area contributed by atoms with Gasteiger partial charge in [-0.15, -0.1) is 0 Å². The second kappa shape index (κ2) is 4.05. The van der Waals surface area contributed by atoms with Gasteiger partial charge in [-0.3, -0.25) is 9.59 Å². The lowest BCUT2D eigenvalue weighted by molar-refractivity contribution is -0.170. The molecule has 0 aliphatic rings. The molecule has 0 saturated carbocycles. The van der Waals surface area contributed by atoms with Crippen LogP contribution >= 0.6 is 0 Å². The largest absolute Gasteiger partial charge is 0.431 e. The number of ether oxygens (including phenoxy) is 2. The van der Waals surface area contributed by atoms with Gasteiger partial charge >= 0.3 is 11.9 Å². The van der Waals surface area contributed by atoms with Crippen molar-refractivity contribution >= 4 is 22.2 Å². The summed E-state index contributed by atoms with van der Waals surface area (Å²) in [6.45, 7) is 2.51. The first kappa shape index (κ1) is 9.16. The first-order valence-corrected chi connectivity index (χ1v) is 3.51. The Hall–Kier alpha value is -0.843. The van der Waals surface area contributed by atoms with Crippen molar-refractivity contribution in [2.24, 2.45) is 0 Å². The van der Waals surface area contributed by atoms with Crippen LogP contribution in [-0.2, 0) is 19.1 Å². The molecule has 0 aromatic rings. The number of hydrogen-bond donors (Lipinski definition) is 0. The molecular formula is C5H9O4Si. The number of esters is 2. The molecular weight excluding hydrogens is 152 g/mol. The Morgan fingerprint density at radius 3 is 1.70 bits per heavy atom. The molecule has 0 aliphatic heterocycles. The summed E-state index contributed by atoms with van der Waals surface area (Å²) in [5, 5.41) is 0. The SMILES string of the molecule is CC(=O)OC([SiH2])OC(C)=O. The highest BCUT2D eigenvalue weighted by Gasteiger charge is 2.06. The Morgan fingerprint density at radius 1 is 1.20 bits per heavy atom. The summed E-state index contributed by atoms with van der Waals surface area (Å²) in [5.74, 6) is -1.67. The third-order valence-corrected chi connectivity index (χ3v) is 0.928. The van der Waals surface area contributed by atoms with Crippen molar-refractivity contribution in [3.63, 3.8) is 0 Å². The number of carbonyl (C=O) groups is 2. The van der Waals surface area contributed by atoms with Gasteiger partial charge in [0.1, 0.15) is 10.2 Å². The molecule has 0 N–H and O–H groups in total. The van der Waals surface area contributed by atoms with Crippen molar-refractivity contribution in [1.29, 1.82) is 0 Å². The average Bonchev–Trinajstić information content (AvgIpc) is 1.58. The first-order valence-electron chi connectivity index (χ1n) is 2.70. The maximum Gasteiger partial charge on any atom is 0.305 e. The van der Waals surface area contributed by atoms with Crippen LogP contribution in [0.3, 0.4) is 0 Å². The minimum Gasteiger partial charge on any atom is -0.431 e. The van der Waals surface area contributed by atoms with Gasteiger partial charge in [-0.1, -0.05) is 0 Å². The fourth-order valence-corrected chi connectivity index (χ4v) is 0.864. The van der Waals surface area contributed by atoms with Crippen molar-refractivity contribution in [3.05, 3.63) is 0 Å². The van der Waals surface area contributed by atoms with Crippen molar-refractivity contribution < 1.29 is 19.1 Å². The quantitative estimate of drug-likeness (QED) is 0.297. The van der Waals surface area contributed by atoms with Crippen LogP contribution in [0.2, 0.25) is 0 Å². The first-order chi connectivity index (χ1) is 4.52. The van der Waals surface area contributed by atoms with Crippen LogP contribution in [0, 0.1) is 0 Å². The molecule has 4 nitrogen and oxygen atoms in total. The molecule has 57 valence electrons. The zero-order chi connectivity index (χ0) is 8.15. The fourth-order valence-electron chi connectivity index (χ4n) is 0.394. The van der Waals surface area contributed by atoms with Gasteiger partial charge in [-0.05, 0) is 0 Å². The molecule has 0 rings (SSSR count). The van der Waals surface area contributed by atoms with Crippen LogP contribution in [0.5, 0.6) is 0 Å². The van der Waals surface area contributed by atoms with Crippen LogP contribution in [0.1, 0.15) is 13.8 Å². The van der Waals surface area contributed by atoms with Gasteiger partial charge in [0.25, 0.3) is 0 Å².